The summed E-state index contributed by atoms with van der Waals surface area (Å²) in [4.78, 5) is 21.9. The third kappa shape index (κ3) is 5.89. The summed E-state index contributed by atoms with van der Waals surface area (Å²) in [6.07, 6.45) is -5.45. The first-order chi connectivity index (χ1) is 8.78. The molecule has 0 aliphatic heterocycles. The van der Waals surface area contributed by atoms with Crippen LogP contribution in [0.2, 0.25) is 0 Å². The van der Waals surface area contributed by atoms with Gasteiger partial charge in [-0.3, -0.25) is 4.79 Å². The van der Waals surface area contributed by atoms with Gasteiger partial charge in [0.1, 0.15) is 0 Å². The molecule has 0 spiro atoms. The number of carboxylic acid groups (broad SMARTS) is 1. The molecule has 1 amide bonds. The zero-order chi connectivity index (χ0) is 14.5. The SMILES string of the molecule is O=C(Cc1ccc(C(=O)O)cc1)NCCC(F)(F)F. The maximum Gasteiger partial charge on any atom is 0.390 e. The number of amides is 1. The smallest absolute Gasteiger partial charge is 0.390 e. The maximum atomic E-state index is 11.8. The van der Waals surface area contributed by atoms with Gasteiger partial charge in [0.15, 0.2) is 0 Å². The van der Waals surface area contributed by atoms with Crippen molar-refractivity contribution < 1.29 is 27.9 Å². The van der Waals surface area contributed by atoms with Gasteiger partial charge in [-0.05, 0) is 17.7 Å². The number of hydrogen-bond donors (Lipinski definition) is 2. The first-order valence-corrected chi connectivity index (χ1v) is 5.43. The van der Waals surface area contributed by atoms with Crippen molar-refractivity contribution in [2.45, 2.75) is 19.0 Å². The molecule has 0 bridgehead atoms. The minimum Gasteiger partial charge on any atom is -0.478 e. The van der Waals surface area contributed by atoms with Gasteiger partial charge in [0, 0.05) is 6.54 Å². The summed E-state index contributed by atoms with van der Waals surface area (Å²) in [5.41, 5.74) is 0.621. The molecule has 0 heterocycles. The van der Waals surface area contributed by atoms with Crippen molar-refractivity contribution in [2.24, 2.45) is 0 Å². The van der Waals surface area contributed by atoms with Gasteiger partial charge in [-0.25, -0.2) is 4.79 Å². The zero-order valence-electron chi connectivity index (χ0n) is 9.83. The molecule has 4 nitrogen and oxygen atoms in total. The molecule has 7 heteroatoms. The Balaban J connectivity index is 2.42. The fourth-order valence-corrected chi connectivity index (χ4v) is 1.36. The highest BCUT2D eigenvalue weighted by Gasteiger charge is 2.26. The van der Waals surface area contributed by atoms with Crippen LogP contribution in [0, 0.1) is 0 Å². The highest BCUT2D eigenvalue weighted by Crippen LogP contribution is 2.18. The summed E-state index contributed by atoms with van der Waals surface area (Å²) in [5, 5.41) is 10.8. The van der Waals surface area contributed by atoms with Gasteiger partial charge in [-0.1, -0.05) is 12.1 Å². The molecule has 0 saturated carbocycles. The second-order valence-electron chi connectivity index (χ2n) is 3.89. The lowest BCUT2D eigenvalue weighted by Crippen LogP contribution is -2.29. The second-order valence-corrected chi connectivity index (χ2v) is 3.89. The Morgan fingerprint density at radius 1 is 1.16 bits per heavy atom. The number of carbonyl (C=O) groups is 2. The number of benzene rings is 1. The van der Waals surface area contributed by atoms with E-state index in [1.807, 2.05) is 0 Å². The number of halogens is 3. The maximum absolute atomic E-state index is 11.8. The Morgan fingerprint density at radius 3 is 2.21 bits per heavy atom. The fourth-order valence-electron chi connectivity index (χ4n) is 1.36. The summed E-state index contributed by atoms with van der Waals surface area (Å²) in [6, 6.07) is 5.57. The number of carbonyl (C=O) groups excluding carboxylic acids is 1. The van der Waals surface area contributed by atoms with Crippen LogP contribution in [0.3, 0.4) is 0 Å². The van der Waals surface area contributed by atoms with E-state index in [-0.39, 0.29) is 12.0 Å². The normalized spacial score (nSPS) is 11.1. The Bertz CT molecular complexity index is 454. The summed E-state index contributed by atoms with van der Waals surface area (Å²) in [5.74, 6) is -1.62. The van der Waals surface area contributed by atoms with Gasteiger partial charge < -0.3 is 10.4 Å². The van der Waals surface area contributed by atoms with Gasteiger partial charge >= 0.3 is 12.1 Å². The van der Waals surface area contributed by atoms with Crippen molar-refractivity contribution in [1.82, 2.24) is 5.32 Å². The van der Waals surface area contributed by atoms with E-state index in [0.717, 1.165) is 0 Å². The predicted molar refractivity (Wildman–Crippen MR) is 60.8 cm³/mol. The molecule has 0 fully saturated rings. The quantitative estimate of drug-likeness (QED) is 0.863. The number of nitrogens with one attached hydrogen (secondary N) is 1. The van der Waals surface area contributed by atoms with Crippen molar-refractivity contribution in [3.05, 3.63) is 35.4 Å². The van der Waals surface area contributed by atoms with Crippen molar-refractivity contribution in [3.63, 3.8) is 0 Å². The molecule has 1 rings (SSSR count). The third-order valence-electron chi connectivity index (χ3n) is 2.30. The second kappa shape index (κ2) is 6.21. The molecular weight excluding hydrogens is 263 g/mol. The van der Waals surface area contributed by atoms with Crippen LogP contribution in [0.15, 0.2) is 24.3 Å². The lowest BCUT2D eigenvalue weighted by Gasteiger charge is -2.08. The summed E-state index contributed by atoms with van der Waals surface area (Å²) in [7, 11) is 0. The molecule has 1 aromatic rings. The first kappa shape index (κ1) is 15.0. The molecule has 19 heavy (non-hydrogen) atoms. The van der Waals surface area contributed by atoms with E-state index in [0.29, 0.717) is 5.56 Å². The Labute approximate surface area is 107 Å². The van der Waals surface area contributed by atoms with Gasteiger partial charge in [-0.15, -0.1) is 0 Å². The molecule has 104 valence electrons. The van der Waals surface area contributed by atoms with E-state index in [1.165, 1.54) is 24.3 Å². The predicted octanol–water partition coefficient (Wildman–Crippen LogP) is 2.00. The van der Waals surface area contributed by atoms with Crippen LogP contribution in [0.25, 0.3) is 0 Å². The fraction of sp³-hybridized carbons (Fsp3) is 0.333. The van der Waals surface area contributed by atoms with E-state index in [2.05, 4.69) is 5.32 Å². The molecule has 0 unspecified atom stereocenters. The van der Waals surface area contributed by atoms with E-state index in [9.17, 15) is 22.8 Å². The number of hydrogen-bond acceptors (Lipinski definition) is 2. The number of aromatic carboxylic acids is 1. The average molecular weight is 275 g/mol. The molecule has 2 N–H and O–H groups in total. The molecular formula is C12H12F3NO3. The molecule has 0 aliphatic rings. The van der Waals surface area contributed by atoms with Crippen LogP contribution in [-0.4, -0.2) is 29.7 Å². The van der Waals surface area contributed by atoms with Crippen LogP contribution < -0.4 is 5.32 Å². The van der Waals surface area contributed by atoms with Gasteiger partial charge in [0.25, 0.3) is 0 Å². The topological polar surface area (TPSA) is 66.4 Å². The average Bonchev–Trinajstić information content (AvgIpc) is 2.27. The van der Waals surface area contributed by atoms with E-state index >= 15 is 0 Å². The van der Waals surface area contributed by atoms with Crippen molar-refractivity contribution >= 4 is 11.9 Å². The lowest BCUT2D eigenvalue weighted by molar-refractivity contribution is -0.135. The number of carboxylic acids is 1. The van der Waals surface area contributed by atoms with Crippen molar-refractivity contribution in [1.29, 1.82) is 0 Å². The standard InChI is InChI=1S/C12H12F3NO3/c13-12(14,15)5-6-16-10(17)7-8-1-3-9(4-2-8)11(18)19/h1-4H,5-7H2,(H,16,17)(H,18,19). The first-order valence-electron chi connectivity index (χ1n) is 5.43. The monoisotopic (exact) mass is 275 g/mol. The molecule has 0 saturated heterocycles. The Morgan fingerprint density at radius 2 is 1.74 bits per heavy atom. The van der Waals surface area contributed by atoms with Gasteiger partial charge in [0.2, 0.25) is 5.91 Å². The molecule has 0 radical (unpaired) electrons. The number of alkyl halides is 3. The van der Waals surface area contributed by atoms with E-state index in [4.69, 9.17) is 5.11 Å². The van der Waals surface area contributed by atoms with Crippen molar-refractivity contribution in [3.8, 4) is 0 Å². The van der Waals surface area contributed by atoms with Gasteiger partial charge in [-0.2, -0.15) is 13.2 Å². The number of rotatable bonds is 5. The largest absolute Gasteiger partial charge is 0.478 e. The highest BCUT2D eigenvalue weighted by atomic mass is 19.4. The van der Waals surface area contributed by atoms with Crippen LogP contribution in [-0.2, 0) is 11.2 Å². The minimum atomic E-state index is -4.30. The Kier molecular flexibility index (Phi) is 4.91. The summed E-state index contributed by atoms with van der Waals surface area (Å²) >= 11 is 0. The van der Waals surface area contributed by atoms with Crippen LogP contribution in [0.1, 0.15) is 22.3 Å². The highest BCUT2D eigenvalue weighted by molar-refractivity contribution is 5.87. The van der Waals surface area contributed by atoms with Gasteiger partial charge in [0.05, 0.1) is 18.4 Å². The minimum absolute atomic E-state index is 0.0845. The van der Waals surface area contributed by atoms with E-state index in [1.54, 1.807) is 0 Å². The lowest BCUT2D eigenvalue weighted by atomic mass is 10.1. The van der Waals surface area contributed by atoms with Crippen molar-refractivity contribution in [2.75, 3.05) is 6.54 Å². The zero-order valence-corrected chi connectivity index (χ0v) is 9.83. The van der Waals surface area contributed by atoms with Crippen LogP contribution in [0.4, 0.5) is 13.2 Å². The molecule has 1 aromatic carbocycles. The van der Waals surface area contributed by atoms with Crippen LogP contribution in [0.5, 0.6) is 0 Å². The molecule has 0 aliphatic carbocycles. The summed E-state index contributed by atoms with van der Waals surface area (Å²) in [6.45, 7) is -0.463. The molecule has 0 aromatic heterocycles. The molecule has 0 atom stereocenters. The summed E-state index contributed by atoms with van der Waals surface area (Å²) < 4.78 is 35.5. The Hall–Kier alpha value is -2.05. The van der Waals surface area contributed by atoms with E-state index < -0.39 is 31.0 Å². The third-order valence-corrected chi connectivity index (χ3v) is 2.30. The van der Waals surface area contributed by atoms with Crippen LogP contribution >= 0.6 is 0 Å².